The third-order valence-corrected chi connectivity index (χ3v) is 8.08. The van der Waals surface area contributed by atoms with Crippen molar-refractivity contribution in [2.24, 2.45) is 28.2 Å². The van der Waals surface area contributed by atoms with Crippen LogP contribution in [0.1, 0.15) is 60.0 Å². The molecule has 35 heavy (non-hydrogen) atoms. The Hall–Kier alpha value is -3.41. The van der Waals surface area contributed by atoms with Gasteiger partial charge in [-0.3, -0.25) is 0 Å². The smallest absolute Gasteiger partial charge is 0.363 e. The molecule has 180 valence electrons. The largest absolute Gasteiger partial charge is 0.489 e. The monoisotopic (exact) mass is 471 g/mol. The lowest BCUT2D eigenvalue weighted by molar-refractivity contribution is -0.131. The highest BCUT2D eigenvalue weighted by Crippen LogP contribution is 2.61. The molecular formula is C29H29NO5. The topological polar surface area (TPSA) is 74.2 Å². The van der Waals surface area contributed by atoms with Crippen LogP contribution in [0.15, 0.2) is 59.2 Å². The zero-order valence-electron chi connectivity index (χ0n) is 19.9. The molecule has 2 aromatic carbocycles. The fraction of sp³-hybridized carbons (Fsp3) is 0.414. The Morgan fingerprint density at radius 2 is 1.63 bits per heavy atom. The van der Waals surface area contributed by atoms with Crippen molar-refractivity contribution in [1.82, 2.24) is 0 Å². The SMILES string of the molecule is COC(=O)c1ccc(COc2ccc(/C=C3/N=C(C45CC6CC(CC(C6)C4)C5)OC3=O)cc2)cc1. The molecule has 4 bridgehead atoms. The molecule has 7 rings (SSSR count). The van der Waals surface area contributed by atoms with Crippen molar-refractivity contribution in [2.75, 3.05) is 7.11 Å². The molecular weight excluding hydrogens is 442 g/mol. The van der Waals surface area contributed by atoms with Crippen molar-refractivity contribution in [3.05, 3.63) is 70.9 Å². The average molecular weight is 472 g/mol. The molecule has 0 saturated heterocycles. The highest BCUT2D eigenvalue weighted by molar-refractivity contribution is 6.09. The van der Waals surface area contributed by atoms with Gasteiger partial charge in [0, 0.05) is 5.41 Å². The van der Waals surface area contributed by atoms with Gasteiger partial charge in [-0.1, -0.05) is 24.3 Å². The van der Waals surface area contributed by atoms with Crippen LogP contribution in [0.25, 0.3) is 6.08 Å². The van der Waals surface area contributed by atoms with E-state index in [0.717, 1.165) is 53.9 Å². The summed E-state index contributed by atoms with van der Waals surface area (Å²) in [5.41, 5.74) is 2.70. The number of hydrogen-bond acceptors (Lipinski definition) is 6. The molecule has 0 radical (unpaired) electrons. The molecule has 0 amide bonds. The van der Waals surface area contributed by atoms with Crippen LogP contribution in [-0.4, -0.2) is 24.9 Å². The summed E-state index contributed by atoms with van der Waals surface area (Å²) in [5.74, 6) is 3.01. The van der Waals surface area contributed by atoms with E-state index in [-0.39, 0.29) is 17.4 Å². The van der Waals surface area contributed by atoms with Gasteiger partial charge in [0.25, 0.3) is 0 Å². The quantitative estimate of drug-likeness (QED) is 0.407. The molecule has 4 fully saturated rings. The normalized spacial score (nSPS) is 29.7. The first-order valence-corrected chi connectivity index (χ1v) is 12.4. The number of esters is 2. The highest BCUT2D eigenvalue weighted by Gasteiger charge is 2.55. The predicted molar refractivity (Wildman–Crippen MR) is 131 cm³/mol. The number of nitrogens with zero attached hydrogens (tertiary/aromatic N) is 1. The molecule has 1 aliphatic heterocycles. The molecule has 6 heteroatoms. The summed E-state index contributed by atoms with van der Waals surface area (Å²) in [6, 6.07) is 14.7. The first-order chi connectivity index (χ1) is 17.0. The first-order valence-electron chi connectivity index (χ1n) is 12.4. The average Bonchev–Trinajstić information content (AvgIpc) is 3.23. The molecule has 0 unspecified atom stereocenters. The minimum atomic E-state index is -0.359. The van der Waals surface area contributed by atoms with Crippen molar-refractivity contribution < 1.29 is 23.8 Å². The van der Waals surface area contributed by atoms with E-state index >= 15 is 0 Å². The Balaban J connectivity index is 1.12. The van der Waals surface area contributed by atoms with Crippen molar-refractivity contribution in [3.8, 4) is 5.75 Å². The second-order valence-corrected chi connectivity index (χ2v) is 10.6. The fourth-order valence-electron chi connectivity index (χ4n) is 6.85. The lowest BCUT2D eigenvalue weighted by Crippen LogP contribution is -2.50. The maximum atomic E-state index is 12.6. The van der Waals surface area contributed by atoms with E-state index in [1.54, 1.807) is 18.2 Å². The number of methoxy groups -OCH3 is 1. The molecule has 0 atom stereocenters. The number of carbonyl (C=O) groups is 2. The standard InChI is InChI=1S/C29H29NO5/c1-33-26(31)23-6-2-19(3-7-23)17-34-24-8-4-18(5-9-24)13-25-27(32)35-28(30-25)29-14-20-10-21(15-29)12-22(11-20)16-29/h2-9,13,20-22H,10-12,14-17H2,1H3/b25-13+. The Labute approximate surface area is 205 Å². The highest BCUT2D eigenvalue weighted by atomic mass is 16.6. The Morgan fingerprint density at radius 3 is 2.23 bits per heavy atom. The van der Waals surface area contributed by atoms with Crippen LogP contribution in [0.2, 0.25) is 0 Å². The van der Waals surface area contributed by atoms with Gasteiger partial charge in [-0.05, 0) is 97.7 Å². The van der Waals surface area contributed by atoms with Crippen LogP contribution >= 0.6 is 0 Å². The van der Waals surface area contributed by atoms with Gasteiger partial charge in [-0.15, -0.1) is 0 Å². The van der Waals surface area contributed by atoms with Crippen LogP contribution in [0.4, 0.5) is 0 Å². The van der Waals surface area contributed by atoms with Gasteiger partial charge in [-0.2, -0.15) is 0 Å². The van der Waals surface area contributed by atoms with Gasteiger partial charge < -0.3 is 14.2 Å². The van der Waals surface area contributed by atoms with Gasteiger partial charge in [0.15, 0.2) is 5.70 Å². The van der Waals surface area contributed by atoms with Crippen LogP contribution in [0.3, 0.4) is 0 Å². The maximum absolute atomic E-state index is 12.6. The van der Waals surface area contributed by atoms with Crippen LogP contribution in [0, 0.1) is 23.2 Å². The number of cyclic esters (lactones) is 1. The zero-order valence-corrected chi connectivity index (χ0v) is 19.9. The summed E-state index contributed by atoms with van der Waals surface area (Å²) in [4.78, 5) is 28.9. The Kier molecular flexibility index (Phi) is 5.47. The van der Waals surface area contributed by atoms with Gasteiger partial charge in [0.2, 0.25) is 5.90 Å². The van der Waals surface area contributed by atoms with Crippen molar-refractivity contribution >= 4 is 23.9 Å². The number of rotatable bonds is 6. The number of benzene rings is 2. The third-order valence-electron chi connectivity index (χ3n) is 8.08. The van der Waals surface area contributed by atoms with Gasteiger partial charge in [0.05, 0.1) is 12.7 Å². The molecule has 6 nitrogen and oxygen atoms in total. The third kappa shape index (κ3) is 4.26. The molecule has 4 aliphatic carbocycles. The van der Waals surface area contributed by atoms with Crippen molar-refractivity contribution in [2.45, 2.75) is 45.1 Å². The molecule has 2 aromatic rings. The lowest BCUT2D eigenvalue weighted by Gasteiger charge is -2.55. The number of aliphatic imine (C=N–C) groups is 1. The summed E-state index contributed by atoms with van der Waals surface area (Å²) >= 11 is 0. The summed E-state index contributed by atoms with van der Waals surface area (Å²) in [6.45, 7) is 0.382. The molecule has 0 spiro atoms. The molecule has 4 saturated carbocycles. The van der Waals surface area contributed by atoms with E-state index in [2.05, 4.69) is 0 Å². The van der Waals surface area contributed by atoms with E-state index < -0.39 is 0 Å². The minimum Gasteiger partial charge on any atom is -0.489 e. The second kappa shape index (κ2) is 8.67. The van der Waals surface area contributed by atoms with Gasteiger partial charge >= 0.3 is 11.9 Å². The zero-order chi connectivity index (χ0) is 24.0. The molecule has 0 aromatic heterocycles. The van der Waals surface area contributed by atoms with Crippen molar-refractivity contribution in [1.29, 1.82) is 0 Å². The maximum Gasteiger partial charge on any atom is 0.363 e. The van der Waals surface area contributed by atoms with E-state index in [1.165, 1.54) is 26.4 Å². The fourth-order valence-corrected chi connectivity index (χ4v) is 6.85. The van der Waals surface area contributed by atoms with E-state index in [9.17, 15) is 9.59 Å². The van der Waals surface area contributed by atoms with Crippen molar-refractivity contribution in [3.63, 3.8) is 0 Å². The summed E-state index contributed by atoms with van der Waals surface area (Å²) in [7, 11) is 1.36. The second-order valence-electron chi connectivity index (χ2n) is 10.6. The van der Waals surface area contributed by atoms with Gasteiger partial charge in [-0.25, -0.2) is 14.6 Å². The summed E-state index contributed by atoms with van der Waals surface area (Å²) in [5, 5.41) is 0. The van der Waals surface area contributed by atoms with E-state index in [1.807, 2.05) is 36.4 Å². The molecule has 1 heterocycles. The Bertz CT molecular complexity index is 1170. The lowest BCUT2D eigenvalue weighted by atomic mass is 9.49. The number of ether oxygens (including phenoxy) is 3. The predicted octanol–water partition coefficient (Wildman–Crippen LogP) is 5.56. The van der Waals surface area contributed by atoms with Crippen LogP contribution in [-0.2, 0) is 20.9 Å². The minimum absolute atomic E-state index is 0.0211. The van der Waals surface area contributed by atoms with E-state index in [0.29, 0.717) is 23.8 Å². The Morgan fingerprint density at radius 1 is 1.00 bits per heavy atom. The van der Waals surface area contributed by atoms with Crippen LogP contribution in [0.5, 0.6) is 5.75 Å². The van der Waals surface area contributed by atoms with Crippen LogP contribution < -0.4 is 4.74 Å². The van der Waals surface area contributed by atoms with Gasteiger partial charge in [0.1, 0.15) is 12.4 Å². The van der Waals surface area contributed by atoms with E-state index in [4.69, 9.17) is 19.2 Å². The summed E-state index contributed by atoms with van der Waals surface area (Å²) < 4.78 is 16.3. The number of carbonyl (C=O) groups excluding carboxylic acids is 2. The number of hydrogen-bond donors (Lipinski definition) is 0. The first kappa shape index (κ1) is 22.1. The molecule has 0 N–H and O–H groups in total. The molecule has 5 aliphatic rings. The summed E-state index contributed by atoms with van der Waals surface area (Å²) in [6.07, 6.45) is 9.19.